The van der Waals surface area contributed by atoms with E-state index in [1.165, 1.54) is 17.4 Å². The Morgan fingerprint density at radius 2 is 1.89 bits per heavy atom. The van der Waals surface area contributed by atoms with E-state index in [1.807, 2.05) is 48.0 Å². The molecule has 37 heavy (non-hydrogen) atoms. The Morgan fingerprint density at radius 1 is 1.11 bits per heavy atom. The summed E-state index contributed by atoms with van der Waals surface area (Å²) in [6.07, 6.45) is 2.83. The molecule has 1 aliphatic rings. The second-order valence-corrected chi connectivity index (χ2v) is 9.71. The number of rotatable bonds is 4. The fourth-order valence-corrected chi connectivity index (χ4v) is 5.68. The minimum absolute atomic E-state index is 0.125. The van der Waals surface area contributed by atoms with E-state index in [-0.39, 0.29) is 23.2 Å². The van der Waals surface area contributed by atoms with Crippen LogP contribution in [0.1, 0.15) is 40.5 Å². The highest BCUT2D eigenvalue weighted by molar-refractivity contribution is 6.32. The number of amides is 1. The first-order valence-electron chi connectivity index (χ1n) is 12.2. The highest BCUT2D eigenvalue weighted by Crippen LogP contribution is 2.32. The summed E-state index contributed by atoms with van der Waals surface area (Å²) in [6, 6.07) is 20.7. The number of carbonyl (C=O) groups excluding carboxylic acids is 1. The lowest BCUT2D eigenvalue weighted by atomic mass is 9.87. The minimum atomic E-state index is -0.338. The molecule has 5 aromatic rings. The molecule has 0 aliphatic heterocycles. The number of hydrogen-bond acceptors (Lipinski definition) is 4. The van der Waals surface area contributed by atoms with Crippen LogP contribution in [0, 0.1) is 0 Å². The number of nitrogens with one attached hydrogen (secondary N) is 1. The Kier molecular flexibility index (Phi) is 5.72. The van der Waals surface area contributed by atoms with E-state index in [9.17, 15) is 9.59 Å². The molecule has 3 aromatic carbocycles. The monoisotopic (exact) mass is 512 g/mol. The van der Waals surface area contributed by atoms with E-state index < -0.39 is 0 Å². The van der Waals surface area contributed by atoms with Crippen molar-refractivity contribution in [2.75, 3.05) is 7.11 Å². The molecule has 7 nitrogen and oxygen atoms in total. The van der Waals surface area contributed by atoms with Crippen LogP contribution in [0.25, 0.3) is 27.5 Å². The normalized spacial score (nSPS) is 15.1. The fraction of sp³-hybridized carbons (Fsp3) is 0.207. The van der Waals surface area contributed by atoms with Gasteiger partial charge in [-0.05, 0) is 54.7 Å². The number of aromatic nitrogens is 3. The lowest BCUT2D eigenvalue weighted by Crippen LogP contribution is -2.34. The summed E-state index contributed by atoms with van der Waals surface area (Å²) in [4.78, 5) is 27.7. The van der Waals surface area contributed by atoms with Gasteiger partial charge in [0.1, 0.15) is 11.3 Å². The first-order chi connectivity index (χ1) is 18.0. The molecule has 1 N–H and O–H groups in total. The Hall–Kier alpha value is -4.10. The van der Waals surface area contributed by atoms with E-state index in [0.717, 1.165) is 35.7 Å². The van der Waals surface area contributed by atoms with Crippen LogP contribution in [0.15, 0.2) is 71.5 Å². The molecule has 6 rings (SSSR count). The maximum absolute atomic E-state index is 13.9. The van der Waals surface area contributed by atoms with Gasteiger partial charge in [-0.25, -0.2) is 0 Å². The van der Waals surface area contributed by atoms with Crippen molar-refractivity contribution in [1.82, 2.24) is 19.7 Å². The van der Waals surface area contributed by atoms with Crippen LogP contribution in [0.2, 0.25) is 5.02 Å². The molecule has 1 atom stereocenters. The predicted molar refractivity (Wildman–Crippen MR) is 145 cm³/mol. The summed E-state index contributed by atoms with van der Waals surface area (Å²) in [6.45, 7) is 0. The van der Waals surface area contributed by atoms with Gasteiger partial charge in [0, 0.05) is 23.3 Å². The topological polar surface area (TPSA) is 78.2 Å². The van der Waals surface area contributed by atoms with Crippen molar-refractivity contribution >= 4 is 39.3 Å². The molecule has 8 heteroatoms. The van der Waals surface area contributed by atoms with E-state index in [1.54, 1.807) is 18.2 Å². The summed E-state index contributed by atoms with van der Waals surface area (Å²) in [7, 11) is 3.36. The molecule has 0 fully saturated rings. The third kappa shape index (κ3) is 3.78. The predicted octanol–water partition coefficient (Wildman–Crippen LogP) is 5.35. The van der Waals surface area contributed by atoms with Crippen LogP contribution in [-0.4, -0.2) is 27.4 Å². The molecular weight excluding hydrogens is 488 g/mol. The van der Waals surface area contributed by atoms with Gasteiger partial charge in [0.2, 0.25) is 0 Å². The third-order valence-corrected chi connectivity index (χ3v) is 7.50. The zero-order valence-electron chi connectivity index (χ0n) is 20.5. The summed E-state index contributed by atoms with van der Waals surface area (Å²) in [5, 5.41) is 9.53. The van der Waals surface area contributed by atoms with Gasteiger partial charge in [-0.3, -0.25) is 9.59 Å². The molecule has 0 spiro atoms. The summed E-state index contributed by atoms with van der Waals surface area (Å²) in [5.74, 6) is 0.162. The minimum Gasteiger partial charge on any atom is -0.495 e. The Balaban J connectivity index is 1.56. The number of halogens is 1. The molecule has 1 aliphatic carbocycles. The maximum atomic E-state index is 13.9. The SMILES string of the molecule is COc1ccc(-n2nc(C(=O)N[C@H]3CCCc4ccccc43)c3c4ccccc4n(C)c3c2=O)cc1Cl. The lowest BCUT2D eigenvalue weighted by molar-refractivity contribution is 0.0928. The van der Waals surface area contributed by atoms with E-state index >= 15 is 0 Å². The molecular formula is C29H25ClN4O3. The number of hydrogen-bond donors (Lipinski definition) is 1. The molecule has 0 radical (unpaired) electrons. The molecule has 1 amide bonds. The second kappa shape index (κ2) is 9.09. The van der Waals surface area contributed by atoms with Gasteiger partial charge >= 0.3 is 0 Å². The summed E-state index contributed by atoms with van der Waals surface area (Å²) < 4.78 is 8.33. The molecule has 2 heterocycles. The van der Waals surface area contributed by atoms with Crippen LogP contribution in [-0.2, 0) is 13.5 Å². The number of carbonyl (C=O) groups is 1. The van der Waals surface area contributed by atoms with Crippen molar-refractivity contribution in [1.29, 1.82) is 0 Å². The van der Waals surface area contributed by atoms with Gasteiger partial charge in [0.25, 0.3) is 11.5 Å². The zero-order chi connectivity index (χ0) is 25.7. The summed E-state index contributed by atoms with van der Waals surface area (Å²) in [5.41, 5.74) is 3.93. The van der Waals surface area contributed by atoms with Gasteiger partial charge in [0.05, 0.1) is 23.9 Å². The molecule has 0 saturated heterocycles. The number of fused-ring (bicyclic) bond motifs is 4. The Bertz CT molecular complexity index is 1750. The van der Waals surface area contributed by atoms with Crippen LogP contribution in [0.5, 0.6) is 5.75 Å². The highest BCUT2D eigenvalue weighted by atomic mass is 35.5. The van der Waals surface area contributed by atoms with E-state index in [4.69, 9.17) is 16.3 Å². The standard InChI is InChI=1S/C29H25ClN4O3/c1-33-23-13-6-5-11-20(23)25-26(28(35)31-22-12-7-9-17-8-3-4-10-19(17)22)32-34(29(36)27(25)33)18-14-15-24(37-2)21(30)16-18/h3-6,8,10-11,13-16,22H,7,9,12H2,1-2H3,(H,31,35)/t22-/m0/s1. The number of methoxy groups -OCH3 is 1. The largest absolute Gasteiger partial charge is 0.495 e. The van der Waals surface area contributed by atoms with Crippen LogP contribution in [0.4, 0.5) is 0 Å². The average Bonchev–Trinajstić information content (AvgIpc) is 3.22. The first-order valence-corrected chi connectivity index (χ1v) is 12.6. The molecule has 0 saturated carbocycles. The van der Waals surface area contributed by atoms with Gasteiger partial charge in [-0.2, -0.15) is 9.78 Å². The van der Waals surface area contributed by atoms with Crippen molar-refractivity contribution in [3.63, 3.8) is 0 Å². The molecule has 186 valence electrons. The lowest BCUT2D eigenvalue weighted by Gasteiger charge is -2.26. The van der Waals surface area contributed by atoms with E-state index in [0.29, 0.717) is 27.4 Å². The number of nitrogens with zero attached hydrogens (tertiary/aromatic N) is 3. The van der Waals surface area contributed by atoms with Crippen molar-refractivity contribution in [3.8, 4) is 11.4 Å². The Morgan fingerprint density at radius 3 is 2.70 bits per heavy atom. The number of ether oxygens (including phenoxy) is 1. The highest BCUT2D eigenvalue weighted by Gasteiger charge is 2.27. The van der Waals surface area contributed by atoms with Gasteiger partial charge in [-0.1, -0.05) is 54.1 Å². The van der Waals surface area contributed by atoms with Gasteiger partial charge in [-0.15, -0.1) is 0 Å². The van der Waals surface area contributed by atoms with Crippen molar-refractivity contribution in [2.45, 2.75) is 25.3 Å². The van der Waals surface area contributed by atoms with Crippen molar-refractivity contribution in [3.05, 3.63) is 98.9 Å². The van der Waals surface area contributed by atoms with Crippen LogP contribution < -0.4 is 15.6 Å². The second-order valence-electron chi connectivity index (χ2n) is 9.30. The summed E-state index contributed by atoms with van der Waals surface area (Å²) >= 11 is 6.37. The third-order valence-electron chi connectivity index (χ3n) is 7.21. The molecule has 0 unspecified atom stereocenters. The van der Waals surface area contributed by atoms with Crippen LogP contribution >= 0.6 is 11.6 Å². The average molecular weight is 513 g/mol. The van der Waals surface area contributed by atoms with Crippen molar-refractivity contribution in [2.24, 2.45) is 7.05 Å². The smallest absolute Gasteiger partial charge is 0.296 e. The first kappa shape index (κ1) is 23.3. The van der Waals surface area contributed by atoms with Gasteiger partial charge < -0.3 is 14.6 Å². The quantitative estimate of drug-likeness (QED) is 0.352. The Labute approximate surface area is 218 Å². The number of benzene rings is 3. The molecule has 2 aromatic heterocycles. The fourth-order valence-electron chi connectivity index (χ4n) is 5.43. The van der Waals surface area contributed by atoms with Gasteiger partial charge in [0.15, 0.2) is 5.69 Å². The van der Waals surface area contributed by atoms with Crippen LogP contribution in [0.3, 0.4) is 0 Å². The zero-order valence-corrected chi connectivity index (χ0v) is 21.2. The number of para-hydroxylation sites is 1. The maximum Gasteiger partial charge on any atom is 0.296 e. The van der Waals surface area contributed by atoms with Crippen molar-refractivity contribution < 1.29 is 9.53 Å². The van der Waals surface area contributed by atoms with E-state index in [2.05, 4.69) is 22.5 Å². The molecule has 0 bridgehead atoms. The number of aryl methyl sites for hydroxylation is 2.